The minimum absolute atomic E-state index is 0.334. The molecule has 1 aromatic rings. The lowest BCUT2D eigenvalue weighted by molar-refractivity contribution is -0.193. The quantitative estimate of drug-likeness (QED) is 0.314. The van der Waals surface area contributed by atoms with Gasteiger partial charge in [-0.3, -0.25) is 9.80 Å². The number of carbonyl (C=O) groups is 3. The number of carboxylic acid groups (broad SMARTS) is 3. The van der Waals surface area contributed by atoms with Gasteiger partial charge in [-0.25, -0.2) is 19.4 Å². The molecule has 2 atom stereocenters. The maximum atomic E-state index is 10.6. The smallest absolute Gasteiger partial charge is 0.481 e. The van der Waals surface area contributed by atoms with Gasteiger partial charge < -0.3 is 24.8 Å². The Bertz CT molecular complexity index is 1010. The van der Waals surface area contributed by atoms with Gasteiger partial charge in [0.1, 0.15) is 0 Å². The lowest BCUT2D eigenvalue weighted by Gasteiger charge is -2.38. The highest BCUT2D eigenvalue weighted by Gasteiger charge is 2.39. The molecule has 20 heteroatoms. The Morgan fingerprint density at radius 3 is 1.89 bits per heavy atom. The topological polar surface area (TPSA) is 150 Å². The van der Waals surface area contributed by atoms with E-state index in [0.717, 1.165) is 57.3 Å². The van der Waals surface area contributed by atoms with Gasteiger partial charge in [-0.15, -0.1) is 6.58 Å². The maximum Gasteiger partial charge on any atom is 0.490 e. The predicted octanol–water partition coefficient (Wildman–Crippen LogP) is 3.70. The van der Waals surface area contributed by atoms with Crippen molar-refractivity contribution >= 4 is 17.9 Å². The van der Waals surface area contributed by atoms with E-state index in [4.69, 9.17) is 39.2 Å². The van der Waals surface area contributed by atoms with Crippen molar-refractivity contribution < 1.29 is 78.7 Å². The number of hydrogen-bond donors (Lipinski definition) is 3. The van der Waals surface area contributed by atoms with Crippen LogP contribution in [0.5, 0.6) is 5.88 Å². The van der Waals surface area contributed by atoms with E-state index in [1.165, 1.54) is 6.42 Å². The molecule has 0 amide bonds. The Hall–Kier alpha value is -3.65. The molecule has 11 nitrogen and oxygen atoms in total. The van der Waals surface area contributed by atoms with Crippen LogP contribution in [0.3, 0.4) is 0 Å². The van der Waals surface area contributed by atoms with E-state index in [2.05, 4.69) is 27.4 Å². The Balaban J connectivity index is 0.000000721. The fourth-order valence-corrected chi connectivity index (χ4v) is 3.64. The van der Waals surface area contributed by atoms with E-state index in [1.807, 2.05) is 12.1 Å². The zero-order valence-electron chi connectivity index (χ0n) is 23.0. The van der Waals surface area contributed by atoms with Gasteiger partial charge in [0.15, 0.2) is 0 Å². The standard InChI is InChI=1S/C18H27N3O2.3C2HF3O2/c1-3-8-20-10-11-23-17-14-21(9-6-15(17)12-20)13-16-5-4-7-19-18(16)22-2;3*3-2(4,5)1(6)7/h3-5,7,15,17H,1,6,8-14H2,2H3;3*(H,6,7)/t15-,17-;;;/m1.../s1. The van der Waals surface area contributed by atoms with Gasteiger partial charge in [0.05, 0.1) is 19.8 Å². The van der Waals surface area contributed by atoms with E-state index < -0.39 is 36.4 Å². The number of aromatic nitrogens is 1. The van der Waals surface area contributed by atoms with Gasteiger partial charge in [-0.05, 0) is 19.0 Å². The van der Waals surface area contributed by atoms with Crippen LogP contribution in [-0.2, 0) is 25.7 Å². The molecule has 0 aromatic carbocycles. The van der Waals surface area contributed by atoms with E-state index in [-0.39, 0.29) is 0 Å². The van der Waals surface area contributed by atoms with Crippen LogP contribution in [0.4, 0.5) is 39.5 Å². The summed E-state index contributed by atoms with van der Waals surface area (Å²) in [7, 11) is 1.68. The van der Waals surface area contributed by atoms with Crippen LogP contribution in [0.25, 0.3) is 0 Å². The lowest BCUT2D eigenvalue weighted by Crippen LogP contribution is -2.46. The molecule has 0 spiro atoms. The minimum Gasteiger partial charge on any atom is -0.481 e. The van der Waals surface area contributed by atoms with Crippen molar-refractivity contribution in [2.24, 2.45) is 5.92 Å². The molecule has 2 saturated heterocycles. The number of ether oxygens (including phenoxy) is 2. The van der Waals surface area contributed by atoms with Gasteiger partial charge >= 0.3 is 36.4 Å². The minimum atomic E-state index is -5.08. The number of piperidine rings is 1. The number of pyridine rings is 1. The highest BCUT2D eigenvalue weighted by molar-refractivity contribution is 5.73. The maximum absolute atomic E-state index is 10.6. The van der Waals surface area contributed by atoms with Crippen molar-refractivity contribution in [1.82, 2.24) is 14.8 Å². The number of aliphatic carboxylic acids is 3. The largest absolute Gasteiger partial charge is 0.490 e. The van der Waals surface area contributed by atoms with Crippen molar-refractivity contribution in [3.8, 4) is 5.88 Å². The molecule has 0 radical (unpaired) electrons. The summed E-state index contributed by atoms with van der Waals surface area (Å²) in [6.45, 7) is 10.7. The molecular formula is C24H30F9N3O8. The summed E-state index contributed by atoms with van der Waals surface area (Å²) in [5.41, 5.74) is 1.15. The highest BCUT2D eigenvalue weighted by atomic mass is 19.4. The summed E-state index contributed by atoms with van der Waals surface area (Å²) in [6, 6.07) is 4.07. The van der Waals surface area contributed by atoms with Crippen LogP contribution in [0, 0.1) is 5.92 Å². The fraction of sp³-hybridized carbons (Fsp3) is 0.583. The monoisotopic (exact) mass is 659 g/mol. The molecule has 0 saturated carbocycles. The number of likely N-dealkylation sites (tertiary alicyclic amines) is 1. The van der Waals surface area contributed by atoms with Crippen LogP contribution in [0.2, 0.25) is 0 Å². The van der Waals surface area contributed by atoms with E-state index >= 15 is 0 Å². The number of methoxy groups -OCH3 is 1. The molecule has 1 aromatic heterocycles. The van der Waals surface area contributed by atoms with Crippen LogP contribution in [0.15, 0.2) is 31.0 Å². The second kappa shape index (κ2) is 18.2. The first-order valence-corrected chi connectivity index (χ1v) is 12.2. The summed E-state index contributed by atoms with van der Waals surface area (Å²) in [4.78, 5) is 35.9. The molecule has 0 aliphatic carbocycles. The number of hydrogen-bond acceptors (Lipinski definition) is 8. The molecule has 252 valence electrons. The zero-order valence-corrected chi connectivity index (χ0v) is 23.0. The summed E-state index contributed by atoms with van der Waals surface area (Å²) in [5, 5.41) is 21.4. The third kappa shape index (κ3) is 16.3. The number of nitrogens with zero attached hydrogens (tertiary/aromatic N) is 3. The Morgan fingerprint density at radius 2 is 1.45 bits per heavy atom. The highest BCUT2D eigenvalue weighted by Crippen LogP contribution is 2.26. The number of fused-ring (bicyclic) bond motifs is 1. The van der Waals surface area contributed by atoms with Crippen molar-refractivity contribution in [2.75, 3.05) is 46.4 Å². The van der Waals surface area contributed by atoms with Crippen molar-refractivity contribution in [3.63, 3.8) is 0 Å². The average molecular weight is 659 g/mol. The summed E-state index contributed by atoms with van der Waals surface area (Å²) >= 11 is 0. The number of alkyl halides is 9. The molecule has 44 heavy (non-hydrogen) atoms. The van der Waals surface area contributed by atoms with Crippen LogP contribution >= 0.6 is 0 Å². The molecule has 2 fully saturated rings. The second-order valence-corrected chi connectivity index (χ2v) is 8.82. The van der Waals surface area contributed by atoms with Crippen LogP contribution in [0.1, 0.15) is 12.0 Å². The van der Waals surface area contributed by atoms with Crippen molar-refractivity contribution in [1.29, 1.82) is 0 Å². The molecule has 3 N–H and O–H groups in total. The van der Waals surface area contributed by atoms with Gasteiger partial charge in [0.25, 0.3) is 0 Å². The lowest BCUT2D eigenvalue weighted by atomic mass is 9.93. The van der Waals surface area contributed by atoms with E-state index in [9.17, 15) is 39.5 Å². The van der Waals surface area contributed by atoms with E-state index in [1.54, 1.807) is 13.3 Å². The molecule has 0 bridgehead atoms. The summed E-state index contributed by atoms with van der Waals surface area (Å²) in [5.74, 6) is -6.91. The van der Waals surface area contributed by atoms with Crippen LogP contribution in [-0.4, -0.2) is 119 Å². The van der Waals surface area contributed by atoms with Gasteiger partial charge in [-0.2, -0.15) is 39.5 Å². The van der Waals surface area contributed by atoms with Gasteiger partial charge in [-0.1, -0.05) is 12.1 Å². The fourth-order valence-electron chi connectivity index (χ4n) is 3.64. The molecular weight excluding hydrogens is 629 g/mol. The molecule has 2 aliphatic heterocycles. The molecule has 3 rings (SSSR count). The third-order valence-electron chi connectivity index (χ3n) is 5.56. The SMILES string of the molecule is C=CCN1CCO[C@@H]2CN(Cc3cccnc3OC)CC[C@@H]2C1.O=C(O)C(F)(F)F.O=C(O)C(F)(F)F.O=C(O)C(F)(F)F. The van der Waals surface area contributed by atoms with Gasteiger partial charge in [0, 0.05) is 50.4 Å². The first-order chi connectivity index (χ1) is 20.1. The third-order valence-corrected chi connectivity index (χ3v) is 5.56. The number of rotatable bonds is 5. The zero-order chi connectivity index (χ0) is 34.3. The second-order valence-electron chi connectivity index (χ2n) is 8.82. The molecule has 3 heterocycles. The Morgan fingerprint density at radius 1 is 0.955 bits per heavy atom. The van der Waals surface area contributed by atoms with Crippen LogP contribution < -0.4 is 4.74 Å². The molecule has 0 unspecified atom stereocenters. The molecule has 2 aliphatic rings. The van der Waals surface area contributed by atoms with E-state index in [0.29, 0.717) is 12.0 Å². The first kappa shape index (κ1) is 40.4. The summed E-state index contributed by atoms with van der Waals surface area (Å²) < 4.78 is 107. The van der Waals surface area contributed by atoms with Crippen molar-refractivity contribution in [2.45, 2.75) is 37.6 Å². The Kier molecular flexibility index (Phi) is 16.7. The van der Waals surface area contributed by atoms with Gasteiger partial charge in [0.2, 0.25) is 5.88 Å². The average Bonchev–Trinajstić information content (AvgIpc) is 3.10. The number of halogens is 9. The van der Waals surface area contributed by atoms with Crippen molar-refractivity contribution in [3.05, 3.63) is 36.5 Å². The Labute approximate surface area is 244 Å². The normalized spacial score (nSPS) is 19.1. The first-order valence-electron chi connectivity index (χ1n) is 12.2. The summed E-state index contributed by atoms with van der Waals surface area (Å²) in [6.07, 6.45) is -9.97. The number of carboxylic acids is 3. The predicted molar refractivity (Wildman–Crippen MR) is 132 cm³/mol.